The van der Waals surface area contributed by atoms with Gasteiger partial charge in [0.15, 0.2) is 0 Å². The number of rotatable bonds is 5. The van der Waals surface area contributed by atoms with Crippen molar-refractivity contribution in [3.63, 3.8) is 0 Å². The lowest BCUT2D eigenvalue weighted by molar-refractivity contribution is -0.159. The monoisotopic (exact) mass is 329 g/mol. The molecule has 0 fully saturated rings. The molecule has 0 bridgehead atoms. The maximum atomic E-state index is 11.9. The van der Waals surface area contributed by atoms with E-state index in [2.05, 4.69) is 5.16 Å². The SMILES string of the molecule is COC(=O)C1=CO[C@@H](OCc2ccccc2)[C@@H]2C(C=NO)=CC[C@H]12. The van der Waals surface area contributed by atoms with Crippen LogP contribution in [-0.2, 0) is 25.6 Å². The summed E-state index contributed by atoms with van der Waals surface area (Å²) in [4.78, 5) is 11.9. The summed E-state index contributed by atoms with van der Waals surface area (Å²) in [5, 5.41) is 12.0. The molecule has 1 heterocycles. The number of carbonyl (C=O) groups excluding carboxylic acids is 1. The molecule has 0 saturated carbocycles. The Labute approximate surface area is 140 Å². The number of methoxy groups -OCH3 is 1. The number of allylic oxidation sites excluding steroid dienone is 1. The molecule has 0 aromatic heterocycles. The lowest BCUT2D eigenvalue weighted by Gasteiger charge is -2.34. The van der Waals surface area contributed by atoms with Crippen molar-refractivity contribution >= 4 is 12.2 Å². The van der Waals surface area contributed by atoms with Crippen LogP contribution < -0.4 is 0 Å². The molecule has 126 valence electrons. The molecular weight excluding hydrogens is 310 g/mol. The van der Waals surface area contributed by atoms with Gasteiger partial charge >= 0.3 is 5.97 Å². The van der Waals surface area contributed by atoms with Crippen LogP contribution in [0.1, 0.15) is 12.0 Å². The Kier molecular flexibility index (Phi) is 4.96. The van der Waals surface area contributed by atoms with Gasteiger partial charge in [-0.1, -0.05) is 41.6 Å². The molecule has 0 amide bonds. The minimum Gasteiger partial charge on any atom is -0.471 e. The summed E-state index contributed by atoms with van der Waals surface area (Å²) >= 11 is 0. The van der Waals surface area contributed by atoms with E-state index in [-0.39, 0.29) is 11.8 Å². The highest BCUT2D eigenvalue weighted by Gasteiger charge is 2.44. The third-order valence-corrected chi connectivity index (χ3v) is 4.33. The third-order valence-electron chi connectivity index (χ3n) is 4.33. The molecule has 0 saturated heterocycles. The van der Waals surface area contributed by atoms with Crippen molar-refractivity contribution in [2.75, 3.05) is 7.11 Å². The van der Waals surface area contributed by atoms with Gasteiger partial charge < -0.3 is 19.4 Å². The Morgan fingerprint density at radius 3 is 2.92 bits per heavy atom. The molecule has 1 aliphatic heterocycles. The van der Waals surface area contributed by atoms with Gasteiger partial charge in [-0.25, -0.2) is 4.79 Å². The van der Waals surface area contributed by atoms with Gasteiger partial charge in [0.05, 0.1) is 37.7 Å². The van der Waals surface area contributed by atoms with E-state index in [0.29, 0.717) is 18.6 Å². The van der Waals surface area contributed by atoms with Crippen LogP contribution in [0.25, 0.3) is 0 Å². The molecule has 3 rings (SSSR count). The Bertz CT molecular complexity index is 680. The minimum atomic E-state index is -0.560. The molecule has 0 unspecified atom stereocenters. The van der Waals surface area contributed by atoms with Crippen LogP contribution in [0, 0.1) is 11.8 Å². The predicted octanol–water partition coefficient (Wildman–Crippen LogP) is 2.64. The van der Waals surface area contributed by atoms with Crippen molar-refractivity contribution in [1.82, 2.24) is 0 Å². The van der Waals surface area contributed by atoms with Crippen LogP contribution in [-0.4, -0.2) is 30.8 Å². The van der Waals surface area contributed by atoms with Gasteiger partial charge in [0.25, 0.3) is 0 Å². The van der Waals surface area contributed by atoms with Crippen LogP contribution in [0.5, 0.6) is 0 Å². The summed E-state index contributed by atoms with van der Waals surface area (Å²) in [5.74, 6) is -0.745. The Balaban J connectivity index is 1.79. The fraction of sp³-hybridized carbons (Fsp3) is 0.333. The second-order valence-corrected chi connectivity index (χ2v) is 5.68. The zero-order valence-corrected chi connectivity index (χ0v) is 13.3. The Morgan fingerprint density at radius 1 is 1.42 bits per heavy atom. The van der Waals surface area contributed by atoms with Gasteiger partial charge in [-0.15, -0.1) is 0 Å². The van der Waals surface area contributed by atoms with Gasteiger partial charge in [0.1, 0.15) is 0 Å². The largest absolute Gasteiger partial charge is 0.471 e. The summed E-state index contributed by atoms with van der Waals surface area (Å²) in [6, 6.07) is 9.76. The number of ether oxygens (including phenoxy) is 3. The molecule has 1 aromatic rings. The highest BCUT2D eigenvalue weighted by Crippen LogP contribution is 2.43. The lowest BCUT2D eigenvalue weighted by Crippen LogP contribution is -2.37. The number of carbonyl (C=O) groups is 1. The van der Waals surface area contributed by atoms with Gasteiger partial charge in [-0.3, -0.25) is 0 Å². The first-order chi connectivity index (χ1) is 11.7. The smallest absolute Gasteiger partial charge is 0.337 e. The topological polar surface area (TPSA) is 77.4 Å². The van der Waals surface area contributed by atoms with Crippen LogP contribution in [0.15, 0.2) is 59.0 Å². The van der Waals surface area contributed by atoms with Crippen LogP contribution in [0.2, 0.25) is 0 Å². The van der Waals surface area contributed by atoms with E-state index in [0.717, 1.165) is 11.1 Å². The van der Waals surface area contributed by atoms with E-state index in [4.69, 9.17) is 19.4 Å². The van der Waals surface area contributed by atoms with Gasteiger partial charge in [0, 0.05) is 5.92 Å². The molecule has 1 aromatic carbocycles. The molecular formula is C18H19NO5. The van der Waals surface area contributed by atoms with Crippen molar-refractivity contribution in [1.29, 1.82) is 0 Å². The fourth-order valence-electron chi connectivity index (χ4n) is 3.18. The highest BCUT2D eigenvalue weighted by atomic mass is 16.7. The molecule has 0 spiro atoms. The van der Waals surface area contributed by atoms with E-state index in [1.54, 1.807) is 0 Å². The summed E-state index contributed by atoms with van der Waals surface area (Å²) in [6.45, 7) is 0.389. The first kappa shape index (κ1) is 16.3. The summed E-state index contributed by atoms with van der Waals surface area (Å²) in [6.07, 6.45) is 4.80. The average molecular weight is 329 g/mol. The molecule has 1 N–H and O–H groups in total. The lowest BCUT2D eigenvalue weighted by atomic mass is 9.83. The van der Waals surface area contributed by atoms with Crippen molar-refractivity contribution in [2.45, 2.75) is 19.3 Å². The summed E-state index contributed by atoms with van der Waals surface area (Å²) in [5.41, 5.74) is 2.29. The van der Waals surface area contributed by atoms with Crippen LogP contribution >= 0.6 is 0 Å². The second-order valence-electron chi connectivity index (χ2n) is 5.68. The summed E-state index contributed by atoms with van der Waals surface area (Å²) in [7, 11) is 1.34. The van der Waals surface area contributed by atoms with E-state index in [9.17, 15) is 4.79 Å². The van der Waals surface area contributed by atoms with Crippen LogP contribution in [0.3, 0.4) is 0 Å². The number of oxime groups is 1. The van der Waals surface area contributed by atoms with E-state index >= 15 is 0 Å². The van der Waals surface area contributed by atoms with Gasteiger partial charge in [-0.05, 0) is 17.6 Å². The average Bonchev–Trinajstić information content (AvgIpc) is 3.04. The minimum absolute atomic E-state index is 0.111. The number of fused-ring (bicyclic) bond motifs is 1. The number of benzene rings is 1. The van der Waals surface area contributed by atoms with Crippen molar-refractivity contribution in [3.8, 4) is 0 Å². The standard InChI is InChI=1S/C18H19NO5/c1-22-17(20)15-11-24-18(23-10-12-5-3-2-4-6-12)16-13(9-19-21)7-8-14(15)16/h2-7,9,11,14,16,18,21H,8,10H2,1H3/t14-,16-,18-/m1/s1. The zero-order valence-electron chi connectivity index (χ0n) is 13.3. The second kappa shape index (κ2) is 7.31. The van der Waals surface area contributed by atoms with Crippen LogP contribution in [0.4, 0.5) is 0 Å². The maximum absolute atomic E-state index is 11.9. The molecule has 6 nitrogen and oxygen atoms in total. The maximum Gasteiger partial charge on any atom is 0.337 e. The molecule has 1 aliphatic carbocycles. The first-order valence-electron chi connectivity index (χ1n) is 7.71. The van der Waals surface area contributed by atoms with Crippen molar-refractivity contribution < 1.29 is 24.2 Å². The quantitative estimate of drug-likeness (QED) is 0.389. The number of hydrogen-bond donors (Lipinski definition) is 1. The molecule has 0 radical (unpaired) electrons. The fourth-order valence-corrected chi connectivity index (χ4v) is 3.18. The van der Waals surface area contributed by atoms with Crippen molar-refractivity contribution in [2.24, 2.45) is 17.0 Å². The Hall–Kier alpha value is -2.60. The van der Waals surface area contributed by atoms with Gasteiger partial charge in [0.2, 0.25) is 6.29 Å². The zero-order chi connectivity index (χ0) is 16.9. The molecule has 6 heteroatoms. The number of hydrogen-bond acceptors (Lipinski definition) is 6. The number of esters is 1. The Morgan fingerprint density at radius 2 is 2.21 bits per heavy atom. The molecule has 3 atom stereocenters. The van der Waals surface area contributed by atoms with E-state index in [1.165, 1.54) is 19.6 Å². The highest BCUT2D eigenvalue weighted by molar-refractivity contribution is 5.90. The van der Waals surface area contributed by atoms with Gasteiger partial charge in [-0.2, -0.15) is 0 Å². The van der Waals surface area contributed by atoms with E-state index in [1.807, 2.05) is 36.4 Å². The summed E-state index contributed by atoms with van der Waals surface area (Å²) < 4.78 is 16.4. The first-order valence-corrected chi connectivity index (χ1v) is 7.71. The number of nitrogens with zero attached hydrogens (tertiary/aromatic N) is 1. The normalized spacial score (nSPS) is 25.6. The van der Waals surface area contributed by atoms with Crippen molar-refractivity contribution in [3.05, 3.63) is 59.4 Å². The third kappa shape index (κ3) is 3.19. The van der Waals surface area contributed by atoms with E-state index < -0.39 is 12.3 Å². The molecule has 24 heavy (non-hydrogen) atoms. The molecule has 2 aliphatic rings. The predicted molar refractivity (Wildman–Crippen MR) is 86.2 cm³/mol.